The third kappa shape index (κ3) is 11.6. The molecule has 3 rings (SSSR count). The van der Waals surface area contributed by atoms with Gasteiger partial charge >= 0.3 is 17.9 Å². The van der Waals surface area contributed by atoms with E-state index in [0.717, 1.165) is 11.1 Å². The van der Waals surface area contributed by atoms with Crippen LogP contribution in [0.3, 0.4) is 0 Å². The minimum atomic E-state index is -1.35. The molecular weight excluding hydrogens is 678 g/mol. The Bertz CT molecular complexity index is 1560. The summed E-state index contributed by atoms with van der Waals surface area (Å²) in [5, 5.41) is 2.72. The standard InChI is InChI=1S/C41H57N3O9/c1-24(2)21-30-39(48)52-34(26(5)6)37(46)44(10)32(23-29-19-15-12-16-20-29)41(50)53-35(27(7)8)38(47)43(9)31(22-28-17-13-11-14-18-28)40(49)51-33(25(3)4)36(45)42-30/h11-20,24-27,30-35H,21-23H2,1-10H3,(H,42,45)/t30-,31+,32+,33+,34+,35-/m1/s1. The van der Waals surface area contributed by atoms with Gasteiger partial charge < -0.3 is 29.3 Å². The molecule has 53 heavy (non-hydrogen) atoms. The number of carbonyl (C=O) groups excluding carboxylic acids is 6. The third-order valence-electron chi connectivity index (χ3n) is 9.32. The Morgan fingerprint density at radius 2 is 0.906 bits per heavy atom. The van der Waals surface area contributed by atoms with Gasteiger partial charge in [-0.15, -0.1) is 0 Å². The minimum absolute atomic E-state index is 0.0415. The van der Waals surface area contributed by atoms with E-state index in [1.807, 2.05) is 26.0 Å². The molecule has 12 heteroatoms. The topological polar surface area (TPSA) is 149 Å². The SMILES string of the molecule is CC(C)C[C@H]1NC(=O)[C@H](C(C)C)OC(=O)[C@H](Cc2ccccc2)N(C)C(=O)[C@@H](C(C)C)OC(=O)[C@H](Cc2ccccc2)N(C)C(=O)[C@H](C(C)C)OC1=O. The first-order chi connectivity index (χ1) is 24.9. The fraction of sp³-hybridized carbons (Fsp3) is 0.561. The third-order valence-corrected chi connectivity index (χ3v) is 9.32. The zero-order valence-electron chi connectivity index (χ0n) is 32.7. The molecule has 1 saturated heterocycles. The maximum Gasteiger partial charge on any atom is 0.329 e. The Kier molecular flexibility index (Phi) is 15.6. The summed E-state index contributed by atoms with van der Waals surface area (Å²) in [5.41, 5.74) is 1.45. The van der Waals surface area contributed by atoms with Crippen LogP contribution < -0.4 is 5.32 Å². The van der Waals surface area contributed by atoms with Crippen LogP contribution in [0.1, 0.15) is 72.9 Å². The fourth-order valence-electron chi connectivity index (χ4n) is 6.13. The van der Waals surface area contributed by atoms with Gasteiger partial charge in [-0.3, -0.25) is 14.4 Å². The second-order valence-corrected chi connectivity index (χ2v) is 15.3. The van der Waals surface area contributed by atoms with Crippen molar-refractivity contribution in [3.05, 3.63) is 71.8 Å². The van der Waals surface area contributed by atoms with E-state index in [0.29, 0.717) is 0 Å². The van der Waals surface area contributed by atoms with Crippen LogP contribution in [-0.2, 0) is 55.8 Å². The average molecular weight is 736 g/mol. The lowest BCUT2D eigenvalue weighted by Gasteiger charge is -2.35. The van der Waals surface area contributed by atoms with Crippen molar-refractivity contribution < 1.29 is 43.0 Å². The molecule has 3 amide bonds. The molecule has 1 heterocycles. The summed E-state index contributed by atoms with van der Waals surface area (Å²) in [5.74, 6) is -6.20. The summed E-state index contributed by atoms with van der Waals surface area (Å²) in [6, 6.07) is 14.5. The lowest BCUT2D eigenvalue weighted by atomic mass is 9.99. The molecule has 2 aromatic carbocycles. The highest BCUT2D eigenvalue weighted by Gasteiger charge is 2.42. The Hall–Kier alpha value is -4.74. The lowest BCUT2D eigenvalue weighted by Crippen LogP contribution is -2.56. The first-order valence-corrected chi connectivity index (χ1v) is 18.5. The van der Waals surface area contributed by atoms with E-state index in [4.69, 9.17) is 14.2 Å². The fourth-order valence-corrected chi connectivity index (χ4v) is 6.13. The van der Waals surface area contributed by atoms with Crippen LogP contribution in [0.15, 0.2) is 60.7 Å². The van der Waals surface area contributed by atoms with Crippen molar-refractivity contribution in [3.8, 4) is 0 Å². The first-order valence-electron chi connectivity index (χ1n) is 18.5. The van der Waals surface area contributed by atoms with Crippen molar-refractivity contribution in [1.82, 2.24) is 15.1 Å². The van der Waals surface area contributed by atoms with Crippen LogP contribution in [0.2, 0.25) is 0 Å². The number of ether oxygens (including phenoxy) is 3. The van der Waals surface area contributed by atoms with Gasteiger partial charge in [0.2, 0.25) is 0 Å². The lowest BCUT2D eigenvalue weighted by molar-refractivity contribution is -0.176. The van der Waals surface area contributed by atoms with Gasteiger partial charge in [-0.25, -0.2) is 14.4 Å². The average Bonchev–Trinajstić information content (AvgIpc) is 3.11. The van der Waals surface area contributed by atoms with E-state index >= 15 is 0 Å². The van der Waals surface area contributed by atoms with Gasteiger partial charge in [0.05, 0.1) is 0 Å². The zero-order valence-corrected chi connectivity index (χ0v) is 32.7. The molecule has 2 aromatic rings. The van der Waals surface area contributed by atoms with Crippen molar-refractivity contribution in [2.24, 2.45) is 23.7 Å². The van der Waals surface area contributed by atoms with E-state index in [9.17, 15) is 28.8 Å². The van der Waals surface area contributed by atoms with Crippen LogP contribution >= 0.6 is 0 Å². The summed E-state index contributed by atoms with van der Waals surface area (Å²) in [4.78, 5) is 86.9. The number of rotatable bonds is 9. The van der Waals surface area contributed by atoms with Crippen LogP contribution in [0, 0.1) is 23.7 Å². The summed E-state index contributed by atoms with van der Waals surface area (Å²) < 4.78 is 17.7. The van der Waals surface area contributed by atoms with Crippen molar-refractivity contribution >= 4 is 35.6 Å². The second-order valence-electron chi connectivity index (χ2n) is 15.3. The summed E-state index contributed by atoms with van der Waals surface area (Å²) in [6.07, 6.45) is -3.75. The molecule has 0 unspecified atom stereocenters. The number of benzene rings is 2. The molecule has 0 aromatic heterocycles. The van der Waals surface area contributed by atoms with E-state index in [2.05, 4.69) is 5.32 Å². The maximum absolute atomic E-state index is 14.3. The van der Waals surface area contributed by atoms with Gasteiger partial charge in [-0.1, -0.05) is 116 Å². The van der Waals surface area contributed by atoms with E-state index in [-0.39, 0.29) is 25.2 Å². The van der Waals surface area contributed by atoms with Crippen molar-refractivity contribution in [3.63, 3.8) is 0 Å². The Morgan fingerprint density at radius 1 is 0.547 bits per heavy atom. The second kappa shape index (κ2) is 19.4. The van der Waals surface area contributed by atoms with Crippen LogP contribution in [0.4, 0.5) is 0 Å². The van der Waals surface area contributed by atoms with Gasteiger partial charge in [0.15, 0.2) is 18.3 Å². The van der Waals surface area contributed by atoms with E-state index < -0.39 is 89.8 Å². The molecule has 290 valence electrons. The molecule has 0 spiro atoms. The number of cyclic esters (lactones) is 3. The normalized spacial score (nSPS) is 24.6. The number of amides is 3. The highest BCUT2D eigenvalue weighted by atomic mass is 16.6. The summed E-state index contributed by atoms with van der Waals surface area (Å²) >= 11 is 0. The van der Waals surface area contributed by atoms with Gasteiger partial charge in [-0.2, -0.15) is 0 Å². The molecule has 0 aliphatic carbocycles. The zero-order chi connectivity index (χ0) is 39.6. The van der Waals surface area contributed by atoms with Gasteiger partial charge in [0, 0.05) is 26.9 Å². The monoisotopic (exact) mass is 735 g/mol. The quantitative estimate of drug-likeness (QED) is 0.293. The molecule has 12 nitrogen and oxygen atoms in total. The first kappa shape index (κ1) is 42.7. The molecule has 0 saturated carbocycles. The number of carbonyl (C=O) groups is 6. The number of nitrogens with one attached hydrogen (secondary N) is 1. The van der Waals surface area contributed by atoms with Crippen LogP contribution in [0.5, 0.6) is 0 Å². The molecule has 1 aliphatic rings. The van der Waals surface area contributed by atoms with Crippen molar-refractivity contribution in [2.45, 2.75) is 111 Å². The Balaban J connectivity index is 2.20. The Labute approximate surface area is 313 Å². The predicted octanol–water partition coefficient (Wildman–Crippen LogP) is 4.37. The number of likely N-dealkylation sites (N-methyl/N-ethyl adjacent to an activating group) is 2. The van der Waals surface area contributed by atoms with Gasteiger partial charge in [0.25, 0.3) is 17.7 Å². The molecule has 0 bridgehead atoms. The summed E-state index contributed by atoms with van der Waals surface area (Å²) in [6.45, 7) is 14.0. The molecular formula is C41H57N3O9. The molecule has 0 radical (unpaired) electrons. The summed E-state index contributed by atoms with van der Waals surface area (Å²) in [7, 11) is 2.87. The van der Waals surface area contributed by atoms with Crippen LogP contribution in [-0.4, -0.2) is 96.0 Å². The van der Waals surface area contributed by atoms with Crippen molar-refractivity contribution in [2.75, 3.05) is 14.1 Å². The van der Waals surface area contributed by atoms with Crippen LogP contribution in [0.25, 0.3) is 0 Å². The highest BCUT2D eigenvalue weighted by molar-refractivity contribution is 5.94. The minimum Gasteiger partial charge on any atom is -0.450 e. The van der Waals surface area contributed by atoms with E-state index in [1.165, 1.54) is 23.9 Å². The van der Waals surface area contributed by atoms with Crippen molar-refractivity contribution in [1.29, 1.82) is 0 Å². The molecule has 1 fully saturated rings. The van der Waals surface area contributed by atoms with Gasteiger partial charge in [0.1, 0.15) is 18.1 Å². The Morgan fingerprint density at radius 3 is 1.26 bits per heavy atom. The number of hydrogen-bond donors (Lipinski definition) is 1. The number of hydrogen-bond acceptors (Lipinski definition) is 9. The smallest absolute Gasteiger partial charge is 0.329 e. The highest BCUT2D eigenvalue weighted by Crippen LogP contribution is 2.23. The number of nitrogens with zero attached hydrogens (tertiary/aromatic N) is 2. The molecule has 1 aliphatic heterocycles. The molecule has 1 N–H and O–H groups in total. The molecule has 6 atom stereocenters. The van der Waals surface area contributed by atoms with E-state index in [1.54, 1.807) is 90.1 Å². The largest absolute Gasteiger partial charge is 0.450 e. The van der Waals surface area contributed by atoms with Gasteiger partial charge in [-0.05, 0) is 41.2 Å². The predicted molar refractivity (Wildman–Crippen MR) is 199 cm³/mol. The maximum atomic E-state index is 14.3. The number of esters is 3.